The molecule has 9 rings (SSSR count). The highest BCUT2D eigenvalue weighted by Gasteiger charge is 2.19. The maximum Gasteiger partial charge on any atom is 0.145 e. The molecule has 51 heavy (non-hydrogen) atoms. The van der Waals surface area contributed by atoms with E-state index in [1.54, 1.807) is 0 Å². The number of fused-ring (bicyclic) bond motifs is 3. The lowest BCUT2D eigenvalue weighted by Crippen LogP contribution is -1.98. The fourth-order valence-corrected chi connectivity index (χ4v) is 7.47. The number of para-hydroxylation sites is 3. The van der Waals surface area contributed by atoms with Crippen molar-refractivity contribution in [3.8, 4) is 50.5 Å². The van der Waals surface area contributed by atoms with Crippen molar-refractivity contribution in [3.05, 3.63) is 182 Å². The second-order valence-electron chi connectivity index (χ2n) is 12.7. The summed E-state index contributed by atoms with van der Waals surface area (Å²) in [5.74, 6) is 0.889. The van der Waals surface area contributed by atoms with Gasteiger partial charge in [0.05, 0.1) is 16.7 Å². The standard InChI is InChI=1S/C48H33N3/c1-3-32-25-26-37(48-50-44-23-12-13-24-45(44)51(48)38-19-8-5-9-20-38)31-42(32)35-27-28-40-43(30-35)47(49-2)41-22-11-10-21-39(41)46(40)36-18-14-17-34(29-36)33-15-6-4-7-16-33/h3-31H,1-2H2. The lowest BCUT2D eigenvalue weighted by atomic mass is 9.87. The van der Waals surface area contributed by atoms with Crippen molar-refractivity contribution >= 4 is 51.1 Å². The van der Waals surface area contributed by atoms with E-state index in [0.29, 0.717) is 0 Å². The van der Waals surface area contributed by atoms with Gasteiger partial charge in [0, 0.05) is 22.0 Å². The van der Waals surface area contributed by atoms with Gasteiger partial charge in [-0.1, -0.05) is 140 Å². The van der Waals surface area contributed by atoms with Gasteiger partial charge >= 0.3 is 0 Å². The van der Waals surface area contributed by atoms with Crippen LogP contribution in [0.4, 0.5) is 5.69 Å². The van der Waals surface area contributed by atoms with Crippen molar-refractivity contribution in [2.75, 3.05) is 0 Å². The highest BCUT2D eigenvalue weighted by Crippen LogP contribution is 2.45. The van der Waals surface area contributed by atoms with Crippen LogP contribution in [0.25, 0.3) is 89.1 Å². The first-order valence-corrected chi connectivity index (χ1v) is 17.1. The molecular formula is C48H33N3. The molecule has 0 spiro atoms. The lowest BCUT2D eigenvalue weighted by Gasteiger charge is -2.18. The predicted molar refractivity (Wildman–Crippen MR) is 217 cm³/mol. The Morgan fingerprint density at radius 1 is 0.510 bits per heavy atom. The second kappa shape index (κ2) is 12.6. The fraction of sp³-hybridized carbons (Fsp3) is 0. The van der Waals surface area contributed by atoms with Crippen molar-refractivity contribution in [2.45, 2.75) is 0 Å². The van der Waals surface area contributed by atoms with Crippen LogP contribution in [0.2, 0.25) is 0 Å². The van der Waals surface area contributed by atoms with E-state index in [-0.39, 0.29) is 0 Å². The Bertz CT molecular complexity index is 2770. The summed E-state index contributed by atoms with van der Waals surface area (Å²) >= 11 is 0. The van der Waals surface area contributed by atoms with Gasteiger partial charge in [-0.3, -0.25) is 9.56 Å². The van der Waals surface area contributed by atoms with E-state index in [1.807, 2.05) is 18.2 Å². The topological polar surface area (TPSA) is 30.2 Å². The predicted octanol–water partition coefficient (Wildman–Crippen LogP) is 13.0. The minimum absolute atomic E-state index is 0.882. The minimum Gasteiger partial charge on any atom is -0.292 e. The van der Waals surface area contributed by atoms with E-state index >= 15 is 0 Å². The van der Waals surface area contributed by atoms with Gasteiger partial charge in [0.15, 0.2) is 0 Å². The molecule has 0 aliphatic carbocycles. The van der Waals surface area contributed by atoms with Crippen LogP contribution in [0, 0.1) is 0 Å². The van der Waals surface area contributed by atoms with E-state index in [2.05, 4.69) is 181 Å². The molecule has 1 aromatic heterocycles. The molecular weight excluding hydrogens is 619 g/mol. The van der Waals surface area contributed by atoms with E-state index in [0.717, 1.165) is 77.6 Å². The molecule has 0 N–H and O–H groups in total. The minimum atomic E-state index is 0.882. The number of rotatable bonds is 7. The molecule has 240 valence electrons. The first kappa shape index (κ1) is 30.2. The fourth-order valence-electron chi connectivity index (χ4n) is 7.47. The Hall–Kier alpha value is -6.84. The maximum atomic E-state index is 5.15. The molecule has 0 bridgehead atoms. The zero-order chi connectivity index (χ0) is 34.3. The van der Waals surface area contributed by atoms with Gasteiger partial charge in [0.25, 0.3) is 0 Å². The van der Waals surface area contributed by atoms with Crippen molar-refractivity contribution in [3.63, 3.8) is 0 Å². The quantitative estimate of drug-likeness (QED) is 0.125. The summed E-state index contributed by atoms with van der Waals surface area (Å²) in [5.41, 5.74) is 12.9. The third-order valence-corrected chi connectivity index (χ3v) is 9.83. The van der Waals surface area contributed by atoms with Gasteiger partial charge in [-0.15, -0.1) is 0 Å². The Morgan fingerprint density at radius 3 is 1.98 bits per heavy atom. The molecule has 0 saturated carbocycles. The van der Waals surface area contributed by atoms with E-state index in [1.165, 1.54) is 16.7 Å². The van der Waals surface area contributed by atoms with Gasteiger partial charge < -0.3 is 0 Å². The molecule has 8 aromatic carbocycles. The molecule has 0 unspecified atom stereocenters. The first-order chi connectivity index (χ1) is 25.2. The first-order valence-electron chi connectivity index (χ1n) is 17.1. The van der Waals surface area contributed by atoms with Crippen molar-refractivity contribution in [1.29, 1.82) is 0 Å². The van der Waals surface area contributed by atoms with Crippen molar-refractivity contribution in [2.24, 2.45) is 4.99 Å². The number of nitrogens with zero attached hydrogens (tertiary/aromatic N) is 3. The molecule has 0 radical (unpaired) electrons. The van der Waals surface area contributed by atoms with Crippen LogP contribution in [0.1, 0.15) is 5.56 Å². The smallest absolute Gasteiger partial charge is 0.145 e. The van der Waals surface area contributed by atoms with E-state index in [9.17, 15) is 0 Å². The molecule has 3 heteroatoms. The zero-order valence-corrected chi connectivity index (χ0v) is 28.0. The average Bonchev–Trinajstić information content (AvgIpc) is 3.60. The number of hydrogen-bond acceptors (Lipinski definition) is 2. The van der Waals surface area contributed by atoms with Gasteiger partial charge in [0.2, 0.25) is 0 Å². The van der Waals surface area contributed by atoms with Crippen molar-refractivity contribution < 1.29 is 0 Å². The largest absolute Gasteiger partial charge is 0.292 e. The van der Waals surface area contributed by atoms with Crippen LogP contribution in [-0.2, 0) is 0 Å². The normalized spacial score (nSPS) is 11.3. The Labute approximate surface area is 297 Å². The summed E-state index contributed by atoms with van der Waals surface area (Å²) in [6.45, 7) is 8.25. The molecule has 9 aromatic rings. The molecule has 0 aliphatic rings. The summed E-state index contributed by atoms with van der Waals surface area (Å²) in [7, 11) is 0. The molecule has 0 aliphatic heterocycles. The van der Waals surface area contributed by atoms with Gasteiger partial charge in [0.1, 0.15) is 5.82 Å². The van der Waals surface area contributed by atoms with Gasteiger partial charge in [-0.05, 0) is 98.9 Å². The summed E-state index contributed by atoms with van der Waals surface area (Å²) in [5, 5.41) is 4.41. The monoisotopic (exact) mass is 651 g/mol. The molecule has 0 fully saturated rings. The van der Waals surface area contributed by atoms with Crippen LogP contribution < -0.4 is 0 Å². The second-order valence-corrected chi connectivity index (χ2v) is 12.7. The molecule has 0 saturated heterocycles. The number of benzene rings is 8. The van der Waals surface area contributed by atoms with Crippen LogP contribution in [-0.4, -0.2) is 16.3 Å². The van der Waals surface area contributed by atoms with Crippen LogP contribution >= 0.6 is 0 Å². The van der Waals surface area contributed by atoms with Crippen LogP contribution in [0.5, 0.6) is 0 Å². The highest BCUT2D eigenvalue weighted by molar-refractivity contribution is 6.20. The SMILES string of the molecule is C=Cc1ccc(-c2nc3ccccc3n2-c2ccccc2)cc1-c1ccc2c(-c3cccc(-c4ccccc4)c3)c3ccccc3c(N=C)c2c1. The van der Waals surface area contributed by atoms with E-state index < -0.39 is 0 Å². The third kappa shape index (κ3) is 5.15. The molecule has 3 nitrogen and oxygen atoms in total. The van der Waals surface area contributed by atoms with Gasteiger partial charge in [-0.2, -0.15) is 0 Å². The summed E-state index contributed by atoms with van der Waals surface area (Å²) in [6.07, 6.45) is 1.93. The summed E-state index contributed by atoms with van der Waals surface area (Å²) in [4.78, 5) is 9.80. The van der Waals surface area contributed by atoms with Crippen LogP contribution in [0.15, 0.2) is 181 Å². The Morgan fingerprint density at radius 2 is 1.18 bits per heavy atom. The highest BCUT2D eigenvalue weighted by atomic mass is 15.1. The Kier molecular flexibility index (Phi) is 7.44. The number of aliphatic imine (C=N–C) groups is 1. The molecule has 0 atom stereocenters. The summed E-state index contributed by atoms with van der Waals surface area (Å²) in [6, 6.07) is 59.9. The number of imidazole rings is 1. The van der Waals surface area contributed by atoms with Crippen molar-refractivity contribution in [1.82, 2.24) is 9.55 Å². The van der Waals surface area contributed by atoms with Gasteiger partial charge in [-0.25, -0.2) is 4.98 Å². The van der Waals surface area contributed by atoms with Crippen LogP contribution in [0.3, 0.4) is 0 Å². The maximum absolute atomic E-state index is 5.15. The number of aromatic nitrogens is 2. The average molecular weight is 652 g/mol. The van der Waals surface area contributed by atoms with E-state index in [4.69, 9.17) is 4.98 Å². The summed E-state index contributed by atoms with van der Waals surface area (Å²) < 4.78 is 2.24. The molecule has 1 heterocycles. The Balaban J connectivity index is 1.27. The molecule has 0 amide bonds. The zero-order valence-electron chi connectivity index (χ0n) is 28.0. The number of hydrogen-bond donors (Lipinski definition) is 0. The lowest BCUT2D eigenvalue weighted by molar-refractivity contribution is 1.10. The third-order valence-electron chi connectivity index (χ3n) is 9.83.